The zero-order chi connectivity index (χ0) is 19.0. The number of aromatic nitrogens is 1. The molecule has 2 rings (SSSR count). The van der Waals surface area contributed by atoms with Crippen LogP contribution in [0.3, 0.4) is 0 Å². The van der Waals surface area contributed by atoms with Crippen molar-refractivity contribution in [3.05, 3.63) is 54.0 Å². The molecule has 0 aliphatic rings. The SMILES string of the molecule is O[C@@H](CNCCNc1ncccc1C(F)(F)F)COc1ccc(F)cc1. The molecule has 3 N–H and O–H groups in total. The molecule has 9 heteroatoms. The first kappa shape index (κ1) is 19.9. The van der Waals surface area contributed by atoms with Crippen LogP contribution >= 0.6 is 0 Å². The van der Waals surface area contributed by atoms with Crippen LogP contribution in [-0.4, -0.2) is 42.4 Å². The number of benzene rings is 1. The van der Waals surface area contributed by atoms with Crippen molar-refractivity contribution >= 4 is 5.82 Å². The minimum atomic E-state index is -4.47. The van der Waals surface area contributed by atoms with Gasteiger partial charge in [0.25, 0.3) is 0 Å². The molecule has 1 heterocycles. The van der Waals surface area contributed by atoms with E-state index >= 15 is 0 Å². The van der Waals surface area contributed by atoms with Gasteiger partial charge in [-0.2, -0.15) is 13.2 Å². The van der Waals surface area contributed by atoms with Crippen LogP contribution in [0.25, 0.3) is 0 Å². The maximum absolute atomic E-state index is 12.8. The summed E-state index contributed by atoms with van der Waals surface area (Å²) in [4.78, 5) is 3.69. The molecule has 5 nitrogen and oxygen atoms in total. The van der Waals surface area contributed by atoms with Crippen LogP contribution in [0, 0.1) is 5.82 Å². The lowest BCUT2D eigenvalue weighted by Gasteiger charge is -2.15. The van der Waals surface area contributed by atoms with E-state index in [0.29, 0.717) is 12.3 Å². The summed E-state index contributed by atoms with van der Waals surface area (Å²) >= 11 is 0. The average Bonchev–Trinajstić information content (AvgIpc) is 2.60. The Morgan fingerprint density at radius 1 is 1.12 bits per heavy atom. The van der Waals surface area contributed by atoms with Gasteiger partial charge in [0.2, 0.25) is 0 Å². The Balaban J connectivity index is 1.65. The minimum absolute atomic E-state index is 0.00449. The van der Waals surface area contributed by atoms with Crippen molar-refractivity contribution in [1.82, 2.24) is 10.3 Å². The number of pyridine rings is 1. The van der Waals surface area contributed by atoms with E-state index in [0.717, 1.165) is 6.07 Å². The van der Waals surface area contributed by atoms with Gasteiger partial charge in [-0.15, -0.1) is 0 Å². The summed E-state index contributed by atoms with van der Waals surface area (Å²) in [6, 6.07) is 7.58. The third-order valence-electron chi connectivity index (χ3n) is 3.34. The van der Waals surface area contributed by atoms with Gasteiger partial charge in [-0.05, 0) is 36.4 Å². The van der Waals surface area contributed by atoms with Gasteiger partial charge in [-0.3, -0.25) is 0 Å². The van der Waals surface area contributed by atoms with E-state index in [4.69, 9.17) is 4.74 Å². The molecule has 1 atom stereocenters. The summed E-state index contributed by atoms with van der Waals surface area (Å²) in [6.07, 6.45) is -4.01. The smallest absolute Gasteiger partial charge is 0.419 e. The van der Waals surface area contributed by atoms with E-state index in [2.05, 4.69) is 15.6 Å². The van der Waals surface area contributed by atoms with Crippen molar-refractivity contribution in [2.75, 3.05) is 31.6 Å². The lowest BCUT2D eigenvalue weighted by atomic mass is 10.2. The van der Waals surface area contributed by atoms with Crippen LogP contribution in [0.15, 0.2) is 42.6 Å². The third-order valence-corrected chi connectivity index (χ3v) is 3.34. The number of rotatable bonds is 9. The van der Waals surface area contributed by atoms with Gasteiger partial charge in [0.05, 0.1) is 5.56 Å². The van der Waals surface area contributed by atoms with E-state index < -0.39 is 17.8 Å². The molecule has 0 bridgehead atoms. The Morgan fingerprint density at radius 3 is 2.54 bits per heavy atom. The average molecular weight is 373 g/mol. The lowest BCUT2D eigenvalue weighted by molar-refractivity contribution is -0.137. The van der Waals surface area contributed by atoms with Gasteiger partial charge in [-0.25, -0.2) is 9.37 Å². The van der Waals surface area contributed by atoms with Crippen LogP contribution in [0.1, 0.15) is 5.56 Å². The molecule has 26 heavy (non-hydrogen) atoms. The number of aliphatic hydroxyl groups excluding tert-OH is 1. The Hall–Kier alpha value is -2.39. The molecular formula is C17H19F4N3O2. The Kier molecular flexibility index (Phi) is 7.16. The molecule has 0 unspecified atom stereocenters. The number of hydrogen-bond donors (Lipinski definition) is 3. The third kappa shape index (κ3) is 6.49. The van der Waals surface area contributed by atoms with E-state index in [1.807, 2.05) is 0 Å². The second-order valence-electron chi connectivity index (χ2n) is 5.45. The molecule has 2 aromatic rings. The number of hydrogen-bond acceptors (Lipinski definition) is 5. The standard InChI is InChI=1S/C17H19F4N3O2/c18-12-3-5-14(6-4-12)26-11-13(25)10-22-8-9-24-16-15(17(19,20)21)2-1-7-23-16/h1-7,13,22,25H,8-11H2,(H,23,24)/t13-/m0/s1. The topological polar surface area (TPSA) is 66.4 Å². The van der Waals surface area contributed by atoms with Crippen LogP contribution < -0.4 is 15.4 Å². The van der Waals surface area contributed by atoms with E-state index in [9.17, 15) is 22.7 Å². The maximum Gasteiger partial charge on any atom is 0.419 e. The molecule has 1 aromatic heterocycles. The molecule has 0 fully saturated rings. The van der Waals surface area contributed by atoms with Crippen LogP contribution in [0.2, 0.25) is 0 Å². The Morgan fingerprint density at radius 2 is 1.85 bits per heavy atom. The number of nitrogens with zero attached hydrogens (tertiary/aromatic N) is 1. The molecule has 0 aliphatic heterocycles. The molecule has 0 saturated carbocycles. The van der Waals surface area contributed by atoms with Crippen LogP contribution in [0.5, 0.6) is 5.75 Å². The second kappa shape index (κ2) is 9.35. The number of alkyl halides is 3. The van der Waals surface area contributed by atoms with E-state index in [1.54, 1.807) is 0 Å². The summed E-state index contributed by atoms with van der Waals surface area (Å²) in [5.74, 6) is -0.183. The largest absolute Gasteiger partial charge is 0.491 e. The van der Waals surface area contributed by atoms with Crippen molar-refractivity contribution in [1.29, 1.82) is 0 Å². The van der Waals surface area contributed by atoms with Crippen molar-refractivity contribution in [2.24, 2.45) is 0 Å². The zero-order valence-corrected chi connectivity index (χ0v) is 13.8. The first-order valence-corrected chi connectivity index (χ1v) is 7.89. The second-order valence-corrected chi connectivity index (χ2v) is 5.45. The monoisotopic (exact) mass is 373 g/mol. The van der Waals surface area contributed by atoms with Crippen molar-refractivity contribution in [3.63, 3.8) is 0 Å². The minimum Gasteiger partial charge on any atom is -0.491 e. The van der Waals surface area contributed by atoms with Gasteiger partial charge in [-0.1, -0.05) is 0 Å². The fraction of sp³-hybridized carbons (Fsp3) is 0.353. The molecule has 0 aliphatic carbocycles. The summed E-state index contributed by atoms with van der Waals surface area (Å²) in [6.45, 7) is 0.717. The highest BCUT2D eigenvalue weighted by Gasteiger charge is 2.33. The molecule has 0 spiro atoms. The van der Waals surface area contributed by atoms with Gasteiger partial charge in [0.1, 0.15) is 30.1 Å². The van der Waals surface area contributed by atoms with Crippen LogP contribution in [-0.2, 0) is 6.18 Å². The number of nitrogens with one attached hydrogen (secondary N) is 2. The van der Waals surface area contributed by atoms with Crippen molar-refractivity contribution < 1.29 is 27.4 Å². The fourth-order valence-electron chi connectivity index (χ4n) is 2.10. The van der Waals surface area contributed by atoms with E-state index in [1.165, 1.54) is 36.5 Å². The van der Waals surface area contributed by atoms with E-state index in [-0.39, 0.29) is 31.3 Å². The first-order valence-electron chi connectivity index (χ1n) is 7.89. The summed E-state index contributed by atoms with van der Waals surface area (Å²) in [7, 11) is 0. The van der Waals surface area contributed by atoms with Crippen molar-refractivity contribution in [3.8, 4) is 5.75 Å². The number of anilines is 1. The molecule has 1 aromatic carbocycles. The molecular weight excluding hydrogens is 354 g/mol. The van der Waals surface area contributed by atoms with Gasteiger partial charge in [0, 0.05) is 25.8 Å². The quantitative estimate of drug-likeness (QED) is 0.466. The number of aliphatic hydroxyl groups is 1. The number of halogens is 4. The predicted octanol–water partition coefficient (Wildman–Crippen LogP) is 2.68. The highest BCUT2D eigenvalue weighted by Crippen LogP contribution is 2.33. The highest BCUT2D eigenvalue weighted by atomic mass is 19.4. The Bertz CT molecular complexity index is 680. The predicted molar refractivity (Wildman–Crippen MR) is 88.5 cm³/mol. The fourth-order valence-corrected chi connectivity index (χ4v) is 2.10. The first-order chi connectivity index (χ1) is 12.4. The summed E-state index contributed by atoms with van der Waals surface area (Å²) < 4.78 is 56.5. The van der Waals surface area contributed by atoms with Gasteiger partial charge < -0.3 is 20.5 Å². The molecule has 0 saturated heterocycles. The maximum atomic E-state index is 12.8. The summed E-state index contributed by atoms with van der Waals surface area (Å²) in [5.41, 5.74) is -0.826. The lowest BCUT2D eigenvalue weighted by Crippen LogP contribution is -2.34. The zero-order valence-electron chi connectivity index (χ0n) is 13.8. The number of ether oxygens (including phenoxy) is 1. The normalized spacial score (nSPS) is 12.7. The van der Waals surface area contributed by atoms with Gasteiger partial charge >= 0.3 is 6.18 Å². The van der Waals surface area contributed by atoms with Gasteiger partial charge in [0.15, 0.2) is 0 Å². The molecule has 0 amide bonds. The van der Waals surface area contributed by atoms with Crippen LogP contribution in [0.4, 0.5) is 23.4 Å². The molecule has 142 valence electrons. The summed E-state index contributed by atoms with van der Waals surface area (Å²) in [5, 5.41) is 15.3. The molecule has 0 radical (unpaired) electrons. The highest BCUT2D eigenvalue weighted by molar-refractivity contribution is 5.45. The van der Waals surface area contributed by atoms with Crippen molar-refractivity contribution in [2.45, 2.75) is 12.3 Å². The Labute approximate surface area is 148 Å².